The number of benzene rings is 5. The number of halogens is 1. The maximum atomic E-state index is 3.88. The van der Waals surface area contributed by atoms with Gasteiger partial charge in [0.1, 0.15) is 0 Å². The molecule has 0 atom stereocenters. The Hall–Kier alpha value is -3.62. The predicted octanol–water partition coefficient (Wildman–Crippen LogP) is 8.88. The highest BCUT2D eigenvalue weighted by atomic mass is 79.9. The van der Waals surface area contributed by atoms with Crippen LogP contribution < -0.4 is 0 Å². The summed E-state index contributed by atoms with van der Waals surface area (Å²) in [5.74, 6) is 0. The van der Waals surface area contributed by atoms with E-state index in [4.69, 9.17) is 0 Å². The maximum absolute atomic E-state index is 3.88. The van der Waals surface area contributed by atoms with Gasteiger partial charge in [0, 0.05) is 26.5 Å². The molecule has 0 saturated carbocycles. The molecule has 1 aromatic heterocycles. The summed E-state index contributed by atoms with van der Waals surface area (Å²) in [6, 6.07) is 43.1. The van der Waals surface area contributed by atoms with Gasteiger partial charge in [-0.05, 0) is 41.0 Å². The Bertz CT molecular complexity index is 1560. The second-order valence-electron chi connectivity index (χ2n) is 7.95. The lowest BCUT2D eigenvalue weighted by molar-refractivity contribution is 1.18. The summed E-state index contributed by atoms with van der Waals surface area (Å²) in [5.41, 5.74) is 8.45. The molecule has 0 saturated heterocycles. The third kappa shape index (κ3) is 3.07. The van der Waals surface area contributed by atoms with Gasteiger partial charge in [-0.25, -0.2) is 0 Å². The number of aromatic nitrogens is 1. The van der Waals surface area contributed by atoms with Crippen molar-refractivity contribution in [3.05, 3.63) is 126 Å². The fourth-order valence-electron chi connectivity index (χ4n) is 4.62. The van der Waals surface area contributed by atoms with Gasteiger partial charge in [-0.3, -0.25) is 0 Å². The molecule has 152 valence electrons. The molecule has 6 aromatic rings. The minimum Gasteiger partial charge on any atom is -0.309 e. The van der Waals surface area contributed by atoms with E-state index in [9.17, 15) is 0 Å². The van der Waals surface area contributed by atoms with Crippen molar-refractivity contribution in [1.29, 1.82) is 0 Å². The first-order valence-electron chi connectivity index (χ1n) is 10.7. The van der Waals surface area contributed by atoms with Crippen LogP contribution in [0, 0.1) is 0 Å². The van der Waals surface area contributed by atoms with E-state index in [0.717, 1.165) is 4.47 Å². The van der Waals surface area contributed by atoms with Crippen LogP contribution in [-0.2, 0) is 0 Å². The van der Waals surface area contributed by atoms with Gasteiger partial charge in [0.25, 0.3) is 0 Å². The third-order valence-corrected chi connectivity index (χ3v) is 6.73. The topological polar surface area (TPSA) is 4.93 Å². The molecule has 0 amide bonds. The lowest BCUT2D eigenvalue weighted by atomic mass is 9.98. The van der Waals surface area contributed by atoms with E-state index >= 15 is 0 Å². The maximum Gasteiger partial charge on any atom is 0.0619 e. The van der Waals surface area contributed by atoms with Crippen LogP contribution in [0.25, 0.3) is 49.7 Å². The molecule has 1 nitrogen and oxygen atoms in total. The van der Waals surface area contributed by atoms with Crippen molar-refractivity contribution in [3.8, 4) is 27.9 Å². The van der Waals surface area contributed by atoms with Crippen molar-refractivity contribution in [2.24, 2.45) is 0 Å². The monoisotopic (exact) mass is 473 g/mol. The van der Waals surface area contributed by atoms with Gasteiger partial charge in [-0.1, -0.05) is 113 Å². The van der Waals surface area contributed by atoms with Crippen LogP contribution in [0.2, 0.25) is 0 Å². The first-order valence-corrected chi connectivity index (χ1v) is 11.5. The molecular formula is C30H20BrN. The first-order chi connectivity index (χ1) is 15.8. The SMILES string of the molecule is Brc1cc(-c2ccccc2)ccc1-c1cccc2c3ccccc3n(-c3ccccc3)c12. The Kier molecular flexibility index (Phi) is 4.66. The molecule has 32 heavy (non-hydrogen) atoms. The Labute approximate surface area is 195 Å². The molecular weight excluding hydrogens is 454 g/mol. The average Bonchev–Trinajstić information content (AvgIpc) is 3.20. The summed E-state index contributed by atoms with van der Waals surface area (Å²) >= 11 is 3.88. The number of rotatable bonds is 3. The molecule has 5 aromatic carbocycles. The van der Waals surface area contributed by atoms with Gasteiger partial charge in [-0.15, -0.1) is 0 Å². The van der Waals surface area contributed by atoms with E-state index in [1.807, 2.05) is 0 Å². The molecule has 0 N–H and O–H groups in total. The van der Waals surface area contributed by atoms with E-state index in [2.05, 4.69) is 142 Å². The Balaban J connectivity index is 1.65. The smallest absolute Gasteiger partial charge is 0.0619 e. The highest BCUT2D eigenvalue weighted by Crippen LogP contribution is 2.41. The van der Waals surface area contributed by atoms with E-state index < -0.39 is 0 Å². The van der Waals surface area contributed by atoms with Crippen molar-refractivity contribution in [1.82, 2.24) is 4.57 Å². The molecule has 6 rings (SSSR count). The summed E-state index contributed by atoms with van der Waals surface area (Å²) in [4.78, 5) is 0. The largest absolute Gasteiger partial charge is 0.309 e. The average molecular weight is 474 g/mol. The molecule has 0 bridgehead atoms. The van der Waals surface area contributed by atoms with Crippen LogP contribution >= 0.6 is 15.9 Å². The number of fused-ring (bicyclic) bond motifs is 3. The normalized spacial score (nSPS) is 11.3. The van der Waals surface area contributed by atoms with E-state index in [1.54, 1.807) is 0 Å². The Morgan fingerprint density at radius 3 is 1.97 bits per heavy atom. The summed E-state index contributed by atoms with van der Waals surface area (Å²) < 4.78 is 3.48. The molecule has 1 heterocycles. The van der Waals surface area contributed by atoms with Crippen LogP contribution in [0.4, 0.5) is 0 Å². The number of para-hydroxylation sites is 3. The molecule has 0 unspecified atom stereocenters. The molecule has 0 radical (unpaired) electrons. The molecule has 0 aliphatic heterocycles. The molecule has 2 heteroatoms. The van der Waals surface area contributed by atoms with E-state index in [1.165, 1.54) is 49.7 Å². The highest BCUT2D eigenvalue weighted by molar-refractivity contribution is 9.10. The van der Waals surface area contributed by atoms with Crippen LogP contribution in [-0.4, -0.2) is 4.57 Å². The molecule has 0 spiro atoms. The van der Waals surface area contributed by atoms with Gasteiger partial charge in [0.05, 0.1) is 11.0 Å². The second kappa shape index (κ2) is 7.81. The molecule has 0 fully saturated rings. The Morgan fingerprint density at radius 2 is 1.19 bits per heavy atom. The number of nitrogens with zero attached hydrogens (tertiary/aromatic N) is 1. The van der Waals surface area contributed by atoms with Gasteiger partial charge in [-0.2, -0.15) is 0 Å². The van der Waals surface area contributed by atoms with E-state index in [0.29, 0.717) is 0 Å². The van der Waals surface area contributed by atoms with Crippen molar-refractivity contribution >= 4 is 37.7 Å². The van der Waals surface area contributed by atoms with Crippen molar-refractivity contribution in [2.45, 2.75) is 0 Å². The van der Waals surface area contributed by atoms with Crippen LogP contribution in [0.5, 0.6) is 0 Å². The van der Waals surface area contributed by atoms with Crippen molar-refractivity contribution in [3.63, 3.8) is 0 Å². The standard InChI is InChI=1S/C30H20BrN/c31-28-20-22(21-10-3-1-4-11-21)18-19-24(28)26-15-9-16-27-25-14-7-8-17-29(25)32(30(26)27)23-12-5-2-6-13-23/h1-20H. The summed E-state index contributed by atoms with van der Waals surface area (Å²) in [7, 11) is 0. The van der Waals surface area contributed by atoms with Crippen molar-refractivity contribution in [2.75, 3.05) is 0 Å². The van der Waals surface area contributed by atoms with Crippen LogP contribution in [0.3, 0.4) is 0 Å². The summed E-state index contributed by atoms with van der Waals surface area (Å²) in [5, 5.41) is 2.53. The van der Waals surface area contributed by atoms with E-state index in [-0.39, 0.29) is 0 Å². The fourth-order valence-corrected chi connectivity index (χ4v) is 5.22. The Morgan fingerprint density at radius 1 is 0.500 bits per heavy atom. The third-order valence-electron chi connectivity index (χ3n) is 6.08. The number of hydrogen-bond acceptors (Lipinski definition) is 0. The van der Waals surface area contributed by atoms with Gasteiger partial charge >= 0.3 is 0 Å². The van der Waals surface area contributed by atoms with Gasteiger partial charge in [0.15, 0.2) is 0 Å². The highest BCUT2D eigenvalue weighted by Gasteiger charge is 2.17. The molecule has 0 aliphatic carbocycles. The van der Waals surface area contributed by atoms with Crippen molar-refractivity contribution < 1.29 is 0 Å². The second-order valence-corrected chi connectivity index (χ2v) is 8.80. The number of hydrogen-bond donors (Lipinski definition) is 0. The van der Waals surface area contributed by atoms with Gasteiger partial charge < -0.3 is 4.57 Å². The fraction of sp³-hybridized carbons (Fsp3) is 0. The summed E-state index contributed by atoms with van der Waals surface area (Å²) in [6.45, 7) is 0. The lowest BCUT2D eigenvalue weighted by Gasteiger charge is -2.13. The molecule has 0 aliphatic rings. The minimum absolute atomic E-state index is 1.09. The zero-order valence-corrected chi connectivity index (χ0v) is 19.0. The zero-order chi connectivity index (χ0) is 21.5. The quantitative estimate of drug-likeness (QED) is 0.241. The first kappa shape index (κ1) is 19.1. The minimum atomic E-state index is 1.09. The van der Waals surface area contributed by atoms with Crippen LogP contribution in [0.1, 0.15) is 0 Å². The predicted molar refractivity (Wildman–Crippen MR) is 139 cm³/mol. The zero-order valence-electron chi connectivity index (χ0n) is 17.4. The van der Waals surface area contributed by atoms with Gasteiger partial charge in [0.2, 0.25) is 0 Å². The lowest BCUT2D eigenvalue weighted by Crippen LogP contribution is -1.95. The summed E-state index contributed by atoms with van der Waals surface area (Å²) in [6.07, 6.45) is 0. The van der Waals surface area contributed by atoms with Crippen LogP contribution in [0.15, 0.2) is 126 Å².